The monoisotopic (exact) mass is 319 g/mol. The molecule has 1 nitrogen and oxygen atoms in total. The third kappa shape index (κ3) is 5.12. The smallest absolute Gasteiger partial charge is 0.204 e. The molecule has 0 amide bonds. The van der Waals surface area contributed by atoms with Crippen LogP contribution in [0.5, 0.6) is 0 Å². The second-order valence-electron chi connectivity index (χ2n) is 3.49. The number of halogens is 1. The van der Waals surface area contributed by atoms with Gasteiger partial charge < -0.3 is 4.43 Å². The fourth-order valence-electron chi connectivity index (χ4n) is 1.25. The molecule has 1 radical (unpaired) electrons. The van der Waals surface area contributed by atoms with Crippen molar-refractivity contribution < 1.29 is 4.43 Å². The van der Waals surface area contributed by atoms with E-state index in [-0.39, 0.29) is 0 Å². The molecule has 0 aliphatic heterocycles. The molecule has 0 bridgehead atoms. The van der Waals surface area contributed by atoms with Crippen molar-refractivity contribution in [1.82, 2.24) is 0 Å². The van der Waals surface area contributed by atoms with Crippen molar-refractivity contribution in [2.45, 2.75) is 25.9 Å². The lowest BCUT2D eigenvalue weighted by molar-refractivity contribution is 0.319. The molecule has 0 saturated carbocycles. The lowest BCUT2D eigenvalue weighted by atomic mass is 10.1. The fourth-order valence-corrected chi connectivity index (χ4v) is 2.41. The third-order valence-corrected chi connectivity index (χ3v) is 3.34. The molecular formula is C11H16IOSi. The first-order valence-electron chi connectivity index (χ1n) is 4.86. The van der Waals surface area contributed by atoms with Crippen LogP contribution < -0.4 is 0 Å². The maximum absolute atomic E-state index is 5.59. The summed E-state index contributed by atoms with van der Waals surface area (Å²) in [5.74, 6) is 0. The Labute approximate surface area is 102 Å². The predicted octanol–water partition coefficient (Wildman–Crippen LogP) is 3.49. The van der Waals surface area contributed by atoms with Gasteiger partial charge in [-0.2, -0.15) is 0 Å². The van der Waals surface area contributed by atoms with Crippen molar-refractivity contribution in [2.24, 2.45) is 0 Å². The zero-order valence-corrected chi connectivity index (χ0v) is 11.9. The van der Waals surface area contributed by atoms with Crippen molar-refractivity contribution >= 4 is 31.6 Å². The minimum absolute atomic E-state index is 0.498. The van der Waals surface area contributed by atoms with Gasteiger partial charge in [-0.25, -0.2) is 0 Å². The number of hydrogen-bond donors (Lipinski definition) is 0. The quantitative estimate of drug-likeness (QED) is 0.459. The Morgan fingerprint density at radius 3 is 2.79 bits per heavy atom. The van der Waals surface area contributed by atoms with E-state index in [2.05, 4.69) is 60.0 Å². The second kappa shape index (κ2) is 6.58. The highest BCUT2D eigenvalue weighted by Crippen LogP contribution is 2.09. The Kier molecular flexibility index (Phi) is 5.73. The number of aryl methyl sites for hydroxylation is 1. The summed E-state index contributed by atoms with van der Waals surface area (Å²) in [4.78, 5) is 0. The van der Waals surface area contributed by atoms with Crippen LogP contribution in [0, 0.1) is 3.57 Å². The van der Waals surface area contributed by atoms with Crippen molar-refractivity contribution in [2.75, 3.05) is 6.61 Å². The van der Waals surface area contributed by atoms with E-state index in [9.17, 15) is 0 Å². The van der Waals surface area contributed by atoms with Gasteiger partial charge in [-0.3, -0.25) is 0 Å². The highest BCUT2D eigenvalue weighted by molar-refractivity contribution is 14.1. The Hall–Kier alpha value is 0.127. The van der Waals surface area contributed by atoms with E-state index in [0.717, 1.165) is 19.4 Å². The van der Waals surface area contributed by atoms with E-state index < -0.39 is 9.04 Å². The lowest BCUT2D eigenvalue weighted by Crippen LogP contribution is -2.09. The largest absolute Gasteiger partial charge is 0.417 e. The van der Waals surface area contributed by atoms with Gasteiger partial charge in [0.15, 0.2) is 0 Å². The molecule has 14 heavy (non-hydrogen) atoms. The van der Waals surface area contributed by atoms with Crippen LogP contribution in [0.25, 0.3) is 0 Å². The summed E-state index contributed by atoms with van der Waals surface area (Å²) < 4.78 is 6.91. The van der Waals surface area contributed by atoms with Gasteiger partial charge in [0.05, 0.1) is 0 Å². The molecule has 1 aromatic rings. The molecule has 0 fully saturated rings. The Morgan fingerprint density at radius 2 is 2.14 bits per heavy atom. The van der Waals surface area contributed by atoms with Gasteiger partial charge in [0.1, 0.15) is 0 Å². The average molecular weight is 319 g/mol. The van der Waals surface area contributed by atoms with Gasteiger partial charge >= 0.3 is 0 Å². The van der Waals surface area contributed by atoms with Gasteiger partial charge in [-0.15, -0.1) is 0 Å². The standard InChI is InChI=1S/C11H16IOSi/c1-14(2)13-8-4-6-10-5-3-7-11(12)9-10/h3,5,7,9H,4,6,8H2,1-2H3. The molecule has 77 valence electrons. The molecule has 0 aliphatic rings. The third-order valence-electron chi connectivity index (χ3n) is 1.89. The summed E-state index contributed by atoms with van der Waals surface area (Å²) in [7, 11) is -0.498. The van der Waals surface area contributed by atoms with Crippen LogP contribution in [0.15, 0.2) is 24.3 Å². The fraction of sp³-hybridized carbons (Fsp3) is 0.455. The van der Waals surface area contributed by atoms with Crippen molar-refractivity contribution in [1.29, 1.82) is 0 Å². The molecule has 0 N–H and O–H groups in total. The van der Waals surface area contributed by atoms with E-state index >= 15 is 0 Å². The van der Waals surface area contributed by atoms with Crippen LogP contribution in [0.2, 0.25) is 13.1 Å². The van der Waals surface area contributed by atoms with Crippen LogP contribution >= 0.6 is 22.6 Å². The van der Waals surface area contributed by atoms with E-state index in [1.54, 1.807) is 0 Å². The molecule has 1 aromatic carbocycles. The van der Waals surface area contributed by atoms with Crippen molar-refractivity contribution in [3.63, 3.8) is 0 Å². The van der Waals surface area contributed by atoms with E-state index in [1.807, 2.05) is 0 Å². The molecule has 0 aliphatic carbocycles. The molecule has 1 rings (SSSR count). The molecule has 3 heteroatoms. The first-order valence-corrected chi connectivity index (χ1v) is 8.34. The molecule has 0 unspecified atom stereocenters. The molecule has 0 heterocycles. The zero-order valence-electron chi connectivity index (χ0n) is 8.72. The molecule has 0 atom stereocenters. The van der Waals surface area contributed by atoms with Crippen LogP contribution in [0.1, 0.15) is 12.0 Å². The van der Waals surface area contributed by atoms with E-state index in [0.29, 0.717) is 0 Å². The van der Waals surface area contributed by atoms with Gasteiger partial charge in [0.25, 0.3) is 0 Å². The minimum atomic E-state index is -0.498. The Bertz CT molecular complexity index is 276. The normalized spacial score (nSPS) is 10.9. The minimum Gasteiger partial charge on any atom is -0.417 e. The number of benzene rings is 1. The van der Waals surface area contributed by atoms with Gasteiger partial charge in [0.2, 0.25) is 9.04 Å². The average Bonchev–Trinajstić information content (AvgIpc) is 2.12. The van der Waals surface area contributed by atoms with Crippen LogP contribution in [-0.2, 0) is 10.8 Å². The van der Waals surface area contributed by atoms with Crippen LogP contribution in [0.4, 0.5) is 0 Å². The van der Waals surface area contributed by atoms with Gasteiger partial charge in [-0.1, -0.05) is 12.1 Å². The lowest BCUT2D eigenvalue weighted by Gasteiger charge is -2.05. The summed E-state index contributed by atoms with van der Waals surface area (Å²) in [6, 6.07) is 8.67. The maximum atomic E-state index is 5.59. The predicted molar refractivity (Wildman–Crippen MR) is 70.9 cm³/mol. The SMILES string of the molecule is C[Si](C)OCCCc1cccc(I)c1. The molecule has 0 saturated heterocycles. The molecular weight excluding hydrogens is 303 g/mol. The van der Waals surface area contributed by atoms with Gasteiger partial charge in [0, 0.05) is 10.2 Å². The second-order valence-corrected chi connectivity index (χ2v) is 6.84. The summed E-state index contributed by atoms with van der Waals surface area (Å²) in [6.45, 7) is 5.26. The summed E-state index contributed by atoms with van der Waals surface area (Å²) >= 11 is 2.35. The topological polar surface area (TPSA) is 9.23 Å². The highest BCUT2D eigenvalue weighted by Gasteiger charge is 1.97. The maximum Gasteiger partial charge on any atom is 0.204 e. The van der Waals surface area contributed by atoms with E-state index in [4.69, 9.17) is 4.43 Å². The Balaban J connectivity index is 2.25. The molecule has 0 spiro atoms. The van der Waals surface area contributed by atoms with Crippen LogP contribution in [0.3, 0.4) is 0 Å². The first kappa shape index (κ1) is 12.2. The van der Waals surface area contributed by atoms with Crippen molar-refractivity contribution in [3.8, 4) is 0 Å². The first-order chi connectivity index (χ1) is 6.68. The van der Waals surface area contributed by atoms with Crippen LogP contribution in [-0.4, -0.2) is 15.6 Å². The summed E-state index contributed by atoms with van der Waals surface area (Å²) in [5.41, 5.74) is 1.42. The van der Waals surface area contributed by atoms with Crippen molar-refractivity contribution in [3.05, 3.63) is 33.4 Å². The van der Waals surface area contributed by atoms with Gasteiger partial charge in [-0.05, 0) is 66.2 Å². The highest BCUT2D eigenvalue weighted by atomic mass is 127. The van der Waals surface area contributed by atoms with E-state index in [1.165, 1.54) is 9.13 Å². The summed E-state index contributed by atoms with van der Waals surface area (Å²) in [5, 5.41) is 0. The Morgan fingerprint density at radius 1 is 1.36 bits per heavy atom. The number of hydrogen-bond acceptors (Lipinski definition) is 1. The zero-order chi connectivity index (χ0) is 10.4. The number of rotatable bonds is 5. The summed E-state index contributed by atoms with van der Waals surface area (Å²) in [6.07, 6.45) is 2.27. The molecule has 0 aromatic heterocycles.